The molecule has 0 bridgehead atoms. The zero-order valence-electron chi connectivity index (χ0n) is 10.8. The first-order valence-corrected chi connectivity index (χ1v) is 7.59. The van der Waals surface area contributed by atoms with E-state index < -0.39 is 27.1 Å². The highest BCUT2D eigenvalue weighted by atomic mass is 32.2. The molecule has 0 unspecified atom stereocenters. The predicted molar refractivity (Wildman–Crippen MR) is 72.5 cm³/mol. The number of carbonyl (C=O) groups is 1. The predicted octanol–water partition coefficient (Wildman–Crippen LogP) is -0.0746. The smallest absolute Gasteiger partial charge is 0.248 e. The van der Waals surface area contributed by atoms with Gasteiger partial charge in [0.1, 0.15) is 22.9 Å². The van der Waals surface area contributed by atoms with E-state index in [0.29, 0.717) is 0 Å². The molecule has 108 valence electrons. The minimum atomic E-state index is -3.48. The Hall–Kier alpha value is -1.96. The van der Waals surface area contributed by atoms with Crippen molar-refractivity contribution < 1.29 is 17.6 Å². The van der Waals surface area contributed by atoms with E-state index in [4.69, 9.17) is 11.5 Å². The number of rotatable bonds is 2. The van der Waals surface area contributed by atoms with Crippen LogP contribution in [0.1, 0.15) is 22.8 Å². The number of sulfone groups is 1. The number of nitrogens with zero attached hydrogens (tertiary/aromatic N) is 1. The largest absolute Gasteiger partial charge is 0.387 e. The topological polar surface area (TPSA) is 116 Å². The molecule has 1 amide bonds. The van der Waals surface area contributed by atoms with Crippen LogP contribution in [0.25, 0.3) is 0 Å². The van der Waals surface area contributed by atoms with Gasteiger partial charge in [-0.2, -0.15) is 0 Å². The number of aliphatic imine (C=N–C) groups is 1. The molecule has 1 aromatic carbocycles. The van der Waals surface area contributed by atoms with Gasteiger partial charge in [-0.25, -0.2) is 12.8 Å². The average Bonchev–Trinajstić information content (AvgIpc) is 2.25. The zero-order valence-corrected chi connectivity index (χ0v) is 11.6. The van der Waals surface area contributed by atoms with E-state index in [1.54, 1.807) is 0 Å². The van der Waals surface area contributed by atoms with Gasteiger partial charge in [-0.05, 0) is 25.1 Å². The van der Waals surface area contributed by atoms with E-state index in [1.807, 2.05) is 0 Å². The molecule has 0 aliphatic carbocycles. The second-order valence-corrected chi connectivity index (χ2v) is 7.03. The van der Waals surface area contributed by atoms with Crippen LogP contribution in [0.15, 0.2) is 23.2 Å². The fourth-order valence-electron chi connectivity index (χ4n) is 2.32. The number of hydrogen-bond donors (Lipinski definition) is 2. The molecule has 2 rings (SSSR count). The Morgan fingerprint density at radius 2 is 2.10 bits per heavy atom. The molecule has 1 heterocycles. The first-order chi connectivity index (χ1) is 9.13. The number of benzene rings is 1. The second kappa shape index (κ2) is 4.55. The van der Waals surface area contributed by atoms with Gasteiger partial charge in [-0.1, -0.05) is 0 Å². The molecule has 0 radical (unpaired) electrons. The monoisotopic (exact) mass is 299 g/mol. The van der Waals surface area contributed by atoms with Crippen molar-refractivity contribution in [2.45, 2.75) is 12.5 Å². The van der Waals surface area contributed by atoms with Crippen LogP contribution in [0.3, 0.4) is 0 Å². The Morgan fingerprint density at radius 3 is 2.65 bits per heavy atom. The van der Waals surface area contributed by atoms with Crippen molar-refractivity contribution in [2.24, 2.45) is 16.5 Å². The third kappa shape index (κ3) is 2.64. The molecule has 0 saturated carbocycles. The molecule has 1 aliphatic heterocycles. The summed E-state index contributed by atoms with van der Waals surface area (Å²) in [4.78, 5) is 15.2. The Balaban J connectivity index is 2.63. The molecule has 8 heteroatoms. The van der Waals surface area contributed by atoms with Gasteiger partial charge in [-0.3, -0.25) is 9.79 Å². The summed E-state index contributed by atoms with van der Waals surface area (Å²) >= 11 is 0. The Morgan fingerprint density at radius 1 is 1.45 bits per heavy atom. The third-order valence-corrected chi connectivity index (χ3v) is 4.83. The van der Waals surface area contributed by atoms with E-state index in [1.165, 1.54) is 19.1 Å². The fourth-order valence-corrected chi connectivity index (χ4v) is 4.01. The van der Waals surface area contributed by atoms with Crippen LogP contribution in [-0.2, 0) is 15.4 Å². The lowest BCUT2D eigenvalue weighted by atomic mass is 9.92. The molecular formula is C12H14FN3O3S. The molecule has 1 atom stereocenters. The number of hydrogen-bond acceptors (Lipinski definition) is 5. The maximum atomic E-state index is 14.0. The third-order valence-electron chi connectivity index (χ3n) is 3.09. The summed E-state index contributed by atoms with van der Waals surface area (Å²) in [5.74, 6) is -2.20. The second-order valence-electron chi connectivity index (χ2n) is 4.97. The zero-order chi connectivity index (χ0) is 15.1. The summed E-state index contributed by atoms with van der Waals surface area (Å²) in [6, 6.07) is 3.51. The summed E-state index contributed by atoms with van der Waals surface area (Å²) in [5, 5.41) is 0. The quantitative estimate of drug-likeness (QED) is 0.794. The van der Waals surface area contributed by atoms with Crippen molar-refractivity contribution in [1.82, 2.24) is 0 Å². The van der Waals surface area contributed by atoms with Crippen molar-refractivity contribution in [3.05, 3.63) is 35.1 Å². The molecule has 6 nitrogen and oxygen atoms in total. The first-order valence-electron chi connectivity index (χ1n) is 5.77. The molecule has 1 aliphatic rings. The van der Waals surface area contributed by atoms with E-state index >= 15 is 0 Å². The minimum Gasteiger partial charge on any atom is -0.387 e. The Labute approximate surface area is 115 Å². The minimum absolute atomic E-state index is 0.0139. The van der Waals surface area contributed by atoms with Crippen molar-refractivity contribution in [1.29, 1.82) is 0 Å². The van der Waals surface area contributed by atoms with Crippen LogP contribution < -0.4 is 11.5 Å². The Kier molecular flexibility index (Phi) is 3.29. The molecule has 0 spiro atoms. The summed E-state index contributed by atoms with van der Waals surface area (Å²) in [5.41, 5.74) is 9.38. The Bertz CT molecular complexity index is 715. The highest BCUT2D eigenvalue weighted by molar-refractivity contribution is 7.92. The number of amidine groups is 1. The maximum Gasteiger partial charge on any atom is 0.248 e. The number of primary amides is 1. The van der Waals surface area contributed by atoms with E-state index in [2.05, 4.69) is 4.99 Å². The van der Waals surface area contributed by atoms with E-state index in [0.717, 1.165) is 6.07 Å². The normalized spacial score (nSPS) is 25.0. The molecule has 20 heavy (non-hydrogen) atoms. The molecule has 0 saturated heterocycles. The lowest BCUT2D eigenvalue weighted by molar-refractivity contribution is 0.1000. The van der Waals surface area contributed by atoms with Crippen LogP contribution in [-0.4, -0.2) is 31.7 Å². The maximum absolute atomic E-state index is 14.0. The average molecular weight is 299 g/mol. The van der Waals surface area contributed by atoms with Crippen molar-refractivity contribution in [3.63, 3.8) is 0 Å². The molecule has 0 aromatic heterocycles. The van der Waals surface area contributed by atoms with Crippen LogP contribution in [0.5, 0.6) is 0 Å². The van der Waals surface area contributed by atoms with Gasteiger partial charge >= 0.3 is 0 Å². The van der Waals surface area contributed by atoms with E-state index in [9.17, 15) is 17.6 Å². The first kappa shape index (κ1) is 14.4. The van der Waals surface area contributed by atoms with Gasteiger partial charge in [0.25, 0.3) is 0 Å². The number of carbonyl (C=O) groups excluding carboxylic acids is 1. The van der Waals surface area contributed by atoms with Crippen molar-refractivity contribution in [2.75, 3.05) is 11.5 Å². The van der Waals surface area contributed by atoms with Gasteiger partial charge in [0.05, 0.1) is 5.75 Å². The number of nitrogens with two attached hydrogens (primary N) is 2. The fraction of sp³-hybridized carbons (Fsp3) is 0.333. The van der Waals surface area contributed by atoms with Gasteiger partial charge in [0.2, 0.25) is 5.91 Å². The van der Waals surface area contributed by atoms with Crippen LogP contribution in [0, 0.1) is 5.82 Å². The molecule has 1 aromatic rings. The van der Waals surface area contributed by atoms with Gasteiger partial charge in [0, 0.05) is 11.1 Å². The summed E-state index contributed by atoms with van der Waals surface area (Å²) < 4.78 is 37.6. The van der Waals surface area contributed by atoms with Crippen molar-refractivity contribution >= 4 is 21.6 Å². The molecule has 0 fully saturated rings. The highest BCUT2D eigenvalue weighted by Gasteiger charge is 2.39. The highest BCUT2D eigenvalue weighted by Crippen LogP contribution is 2.32. The van der Waals surface area contributed by atoms with Crippen LogP contribution in [0.2, 0.25) is 0 Å². The number of amides is 1. The lowest BCUT2D eigenvalue weighted by Gasteiger charge is -2.30. The van der Waals surface area contributed by atoms with Crippen LogP contribution >= 0.6 is 0 Å². The molecule has 4 N–H and O–H groups in total. The summed E-state index contributed by atoms with van der Waals surface area (Å²) in [7, 11) is -3.48. The van der Waals surface area contributed by atoms with Gasteiger partial charge < -0.3 is 11.5 Å². The standard InChI is InChI=1S/C12H14FN3O3S/c1-12(6-20(18,19)5-10(14)16-12)8-4-7(11(15)17)2-3-9(8)13/h2-4H,5-6H2,1H3,(H2,14,16)(H2,15,17)/t12-/m0/s1. The van der Waals surface area contributed by atoms with Gasteiger partial charge in [-0.15, -0.1) is 0 Å². The van der Waals surface area contributed by atoms with E-state index in [-0.39, 0.29) is 28.5 Å². The summed E-state index contributed by atoms with van der Waals surface area (Å²) in [6.07, 6.45) is 0. The lowest BCUT2D eigenvalue weighted by Crippen LogP contribution is -2.42. The number of halogens is 1. The van der Waals surface area contributed by atoms with Crippen LogP contribution in [0.4, 0.5) is 4.39 Å². The SMILES string of the molecule is C[C@@]1(c2cc(C(N)=O)ccc2F)CS(=O)(=O)CC(N)=N1. The van der Waals surface area contributed by atoms with Gasteiger partial charge in [0.15, 0.2) is 9.84 Å². The molecular weight excluding hydrogens is 285 g/mol. The summed E-state index contributed by atoms with van der Waals surface area (Å²) in [6.45, 7) is 1.46. The van der Waals surface area contributed by atoms with Crippen molar-refractivity contribution in [3.8, 4) is 0 Å².